The minimum absolute atomic E-state index is 0.0443. The molecule has 1 heterocycles. The number of aromatic amines is 1. The second-order valence-corrected chi connectivity index (χ2v) is 6.24. The molecular formula is C17H19F2N3O6. The average Bonchev–Trinajstić information content (AvgIpc) is 3.29. The van der Waals surface area contributed by atoms with E-state index in [0.29, 0.717) is 25.1 Å². The summed E-state index contributed by atoms with van der Waals surface area (Å²) in [6, 6.07) is 2.36. The Morgan fingerprint density at radius 1 is 1.29 bits per heavy atom. The van der Waals surface area contributed by atoms with Crippen molar-refractivity contribution in [2.24, 2.45) is 0 Å². The van der Waals surface area contributed by atoms with Gasteiger partial charge in [-0.1, -0.05) is 5.16 Å². The number of nitrogens with one attached hydrogen (secondary N) is 2. The van der Waals surface area contributed by atoms with Gasteiger partial charge in [-0.25, -0.2) is 4.79 Å². The van der Waals surface area contributed by atoms with Gasteiger partial charge < -0.3 is 19.5 Å². The summed E-state index contributed by atoms with van der Waals surface area (Å²) < 4.78 is 44.8. The zero-order valence-electron chi connectivity index (χ0n) is 15.2. The lowest BCUT2D eigenvalue weighted by Gasteiger charge is -2.18. The molecule has 0 spiro atoms. The van der Waals surface area contributed by atoms with Crippen LogP contribution in [0, 0.1) is 0 Å². The number of amides is 1. The fourth-order valence-electron chi connectivity index (χ4n) is 3.29. The first-order valence-electron chi connectivity index (χ1n) is 8.48. The van der Waals surface area contributed by atoms with E-state index in [0.717, 1.165) is 0 Å². The maximum absolute atomic E-state index is 12.8. The molecule has 28 heavy (non-hydrogen) atoms. The van der Waals surface area contributed by atoms with Gasteiger partial charge in [-0.3, -0.25) is 14.3 Å². The second-order valence-electron chi connectivity index (χ2n) is 6.24. The van der Waals surface area contributed by atoms with Crippen molar-refractivity contribution in [3.8, 4) is 17.2 Å². The van der Waals surface area contributed by atoms with Crippen molar-refractivity contribution in [3.05, 3.63) is 34.1 Å². The van der Waals surface area contributed by atoms with Crippen molar-refractivity contribution in [1.82, 2.24) is 15.5 Å². The number of nitrogens with zero attached hydrogens (tertiary/aromatic N) is 1. The molecule has 0 aliphatic heterocycles. The summed E-state index contributed by atoms with van der Waals surface area (Å²) in [6.07, 6.45) is 1.81. The molecule has 9 nitrogen and oxygen atoms in total. The highest BCUT2D eigenvalue weighted by Crippen LogP contribution is 2.36. The molecule has 1 aliphatic rings. The van der Waals surface area contributed by atoms with Crippen molar-refractivity contribution in [2.75, 3.05) is 14.2 Å². The van der Waals surface area contributed by atoms with Crippen LogP contribution in [0.25, 0.3) is 0 Å². The number of rotatable bonds is 7. The largest absolute Gasteiger partial charge is 0.496 e. The molecule has 2 unspecified atom stereocenters. The Hall–Kier alpha value is -3.11. The molecule has 1 fully saturated rings. The van der Waals surface area contributed by atoms with E-state index in [1.165, 1.54) is 26.4 Å². The molecular weight excluding hydrogens is 380 g/mol. The molecule has 0 bridgehead atoms. The maximum Gasteiger partial charge on any atom is 0.438 e. The Labute approximate surface area is 157 Å². The molecule has 1 aliphatic carbocycles. The van der Waals surface area contributed by atoms with E-state index in [1.807, 2.05) is 0 Å². The highest BCUT2D eigenvalue weighted by Gasteiger charge is 2.31. The summed E-state index contributed by atoms with van der Waals surface area (Å²) in [6.45, 7) is -3.12. The molecule has 1 aromatic carbocycles. The molecule has 11 heteroatoms. The average molecular weight is 399 g/mol. The van der Waals surface area contributed by atoms with Gasteiger partial charge in [-0.05, 0) is 19.3 Å². The number of alkyl halides is 2. The van der Waals surface area contributed by atoms with Gasteiger partial charge in [0.2, 0.25) is 0 Å². The fourth-order valence-corrected chi connectivity index (χ4v) is 3.29. The van der Waals surface area contributed by atoms with Gasteiger partial charge >= 0.3 is 12.4 Å². The smallest absolute Gasteiger partial charge is 0.438 e. The second kappa shape index (κ2) is 8.28. The van der Waals surface area contributed by atoms with Crippen molar-refractivity contribution in [3.63, 3.8) is 0 Å². The molecule has 2 aromatic rings. The molecule has 2 atom stereocenters. The highest BCUT2D eigenvalue weighted by molar-refractivity contribution is 6.00. The lowest BCUT2D eigenvalue weighted by atomic mass is 10.1. The third-order valence-corrected chi connectivity index (χ3v) is 4.55. The van der Waals surface area contributed by atoms with Crippen LogP contribution in [-0.4, -0.2) is 42.9 Å². The van der Waals surface area contributed by atoms with Gasteiger partial charge in [0.1, 0.15) is 22.8 Å². The molecule has 1 aromatic heterocycles. The molecule has 2 N–H and O–H groups in total. The van der Waals surface area contributed by atoms with E-state index in [2.05, 4.69) is 24.7 Å². The Morgan fingerprint density at radius 3 is 2.64 bits per heavy atom. The van der Waals surface area contributed by atoms with Gasteiger partial charge in [0.25, 0.3) is 5.91 Å². The Kier molecular flexibility index (Phi) is 5.81. The van der Waals surface area contributed by atoms with Crippen LogP contribution in [0.4, 0.5) is 8.78 Å². The summed E-state index contributed by atoms with van der Waals surface area (Å²) >= 11 is 0. The monoisotopic (exact) mass is 399 g/mol. The number of hydrogen-bond acceptors (Lipinski definition) is 7. The predicted molar refractivity (Wildman–Crippen MR) is 91.1 cm³/mol. The van der Waals surface area contributed by atoms with Gasteiger partial charge in [0, 0.05) is 24.1 Å². The first kappa shape index (κ1) is 19.6. The summed E-state index contributed by atoms with van der Waals surface area (Å²) in [5.74, 6) is -1.01. The molecule has 0 saturated heterocycles. The van der Waals surface area contributed by atoms with Crippen LogP contribution in [-0.2, 0) is 0 Å². The Balaban J connectivity index is 1.79. The molecule has 1 saturated carbocycles. The SMILES string of the molecule is COc1cc(OC)c(C(=O)NC2CCC(c3noc(=O)[nH]3)C2)c(OC(F)F)c1. The van der Waals surface area contributed by atoms with Crippen LogP contribution in [0.3, 0.4) is 0 Å². The number of benzene rings is 1. The predicted octanol–water partition coefficient (Wildman–Crippen LogP) is 2.05. The summed E-state index contributed by atoms with van der Waals surface area (Å²) in [7, 11) is 2.66. The van der Waals surface area contributed by atoms with Crippen LogP contribution in [0.2, 0.25) is 0 Å². The Bertz CT molecular complexity index is 897. The number of H-pyrrole nitrogens is 1. The number of hydrogen-bond donors (Lipinski definition) is 2. The standard InChI is InChI=1S/C17H19F2N3O6/c1-25-10-6-11(26-2)13(12(7-10)27-16(18)19)15(23)20-9-4-3-8(5-9)14-21-17(24)28-22-14/h6-9,16H,3-5H2,1-2H3,(H,20,23)(H,21,22,24). The number of carbonyl (C=O) groups excluding carboxylic acids is 1. The highest BCUT2D eigenvalue weighted by atomic mass is 19.3. The fraction of sp³-hybridized carbons (Fsp3) is 0.471. The maximum atomic E-state index is 12.8. The molecule has 0 radical (unpaired) electrons. The van der Waals surface area contributed by atoms with Crippen molar-refractivity contribution in [2.45, 2.75) is 37.8 Å². The normalized spacial score (nSPS) is 18.9. The number of halogens is 2. The van der Waals surface area contributed by atoms with E-state index in [4.69, 9.17) is 9.47 Å². The third kappa shape index (κ3) is 4.24. The number of carbonyl (C=O) groups is 1. The topological polar surface area (TPSA) is 116 Å². The van der Waals surface area contributed by atoms with Crippen molar-refractivity contribution in [1.29, 1.82) is 0 Å². The van der Waals surface area contributed by atoms with E-state index in [-0.39, 0.29) is 34.8 Å². The van der Waals surface area contributed by atoms with Crippen LogP contribution in [0.15, 0.2) is 21.5 Å². The van der Waals surface area contributed by atoms with Gasteiger partial charge in [0.15, 0.2) is 5.82 Å². The van der Waals surface area contributed by atoms with Gasteiger partial charge in [-0.2, -0.15) is 8.78 Å². The number of aromatic nitrogens is 2. The summed E-state index contributed by atoms with van der Waals surface area (Å²) in [4.78, 5) is 26.4. The molecule has 1 amide bonds. The van der Waals surface area contributed by atoms with Gasteiger partial charge in [-0.15, -0.1) is 0 Å². The Morgan fingerprint density at radius 2 is 2.04 bits per heavy atom. The minimum atomic E-state index is -3.12. The summed E-state index contributed by atoms with van der Waals surface area (Å²) in [5, 5.41) is 6.46. The van der Waals surface area contributed by atoms with Crippen LogP contribution in [0.1, 0.15) is 41.4 Å². The number of ether oxygens (including phenoxy) is 3. The lowest BCUT2D eigenvalue weighted by Crippen LogP contribution is -2.33. The number of methoxy groups -OCH3 is 2. The summed E-state index contributed by atoms with van der Waals surface area (Å²) in [5.41, 5.74) is -0.151. The third-order valence-electron chi connectivity index (χ3n) is 4.55. The van der Waals surface area contributed by atoms with E-state index >= 15 is 0 Å². The van der Waals surface area contributed by atoms with Crippen molar-refractivity contribution >= 4 is 5.91 Å². The lowest BCUT2D eigenvalue weighted by molar-refractivity contribution is -0.0503. The minimum Gasteiger partial charge on any atom is -0.496 e. The van der Waals surface area contributed by atoms with Crippen LogP contribution in [0.5, 0.6) is 17.2 Å². The van der Waals surface area contributed by atoms with Crippen LogP contribution >= 0.6 is 0 Å². The van der Waals surface area contributed by atoms with E-state index in [9.17, 15) is 18.4 Å². The van der Waals surface area contributed by atoms with Crippen LogP contribution < -0.4 is 25.3 Å². The molecule has 3 rings (SSSR count). The zero-order chi connectivity index (χ0) is 20.3. The van der Waals surface area contributed by atoms with Crippen molar-refractivity contribution < 1.29 is 32.3 Å². The van der Waals surface area contributed by atoms with E-state index < -0.39 is 18.3 Å². The first-order chi connectivity index (χ1) is 13.4. The molecule has 152 valence electrons. The zero-order valence-corrected chi connectivity index (χ0v) is 15.2. The van der Waals surface area contributed by atoms with Gasteiger partial charge in [0.05, 0.1) is 14.2 Å². The van der Waals surface area contributed by atoms with E-state index in [1.54, 1.807) is 0 Å². The first-order valence-corrected chi connectivity index (χ1v) is 8.48. The quantitative estimate of drug-likeness (QED) is 0.732.